The second-order valence-corrected chi connectivity index (χ2v) is 7.79. The van der Waals surface area contributed by atoms with E-state index in [-0.39, 0.29) is 30.4 Å². The van der Waals surface area contributed by atoms with Gasteiger partial charge in [-0.15, -0.1) is 10.2 Å². The molecule has 3 aromatic rings. The molecule has 0 fully saturated rings. The number of amides is 1. The molecule has 2 heterocycles. The number of aromatic hydroxyl groups is 1. The van der Waals surface area contributed by atoms with E-state index < -0.39 is 0 Å². The number of phenolic OH excluding ortho intramolecular Hbond substituents is 1. The van der Waals surface area contributed by atoms with E-state index >= 15 is 0 Å². The van der Waals surface area contributed by atoms with Crippen LogP contribution in [0.15, 0.2) is 42.5 Å². The number of aromatic nitrogens is 3. The molecule has 0 aliphatic carbocycles. The molecule has 4 rings (SSSR count). The predicted octanol–water partition coefficient (Wildman–Crippen LogP) is 2.05. The summed E-state index contributed by atoms with van der Waals surface area (Å²) in [4.78, 5) is 14.5. The number of hydrogen-bond acceptors (Lipinski definition) is 6. The minimum absolute atomic E-state index is 0.109. The average molecular weight is 439 g/mol. The van der Waals surface area contributed by atoms with Gasteiger partial charge in [0.1, 0.15) is 23.1 Å². The molecule has 0 saturated heterocycles. The van der Waals surface area contributed by atoms with Crippen LogP contribution in [0.1, 0.15) is 22.8 Å². The molecule has 168 valence electrons. The minimum Gasteiger partial charge on any atom is -0.507 e. The van der Waals surface area contributed by atoms with Gasteiger partial charge in [0.25, 0.3) is 0 Å². The summed E-state index contributed by atoms with van der Waals surface area (Å²) in [6.07, 6.45) is 0.832. The van der Waals surface area contributed by atoms with E-state index in [2.05, 4.69) is 20.4 Å². The van der Waals surface area contributed by atoms with Crippen LogP contribution in [0, 0.1) is 5.82 Å². The lowest BCUT2D eigenvalue weighted by molar-refractivity contribution is -0.120. The highest BCUT2D eigenvalue weighted by atomic mass is 19.1. The van der Waals surface area contributed by atoms with Gasteiger partial charge in [0.2, 0.25) is 5.91 Å². The molecule has 0 spiro atoms. The molecule has 0 atom stereocenters. The molecule has 8 nitrogen and oxygen atoms in total. The Balaban J connectivity index is 1.33. The van der Waals surface area contributed by atoms with Gasteiger partial charge in [-0.2, -0.15) is 0 Å². The van der Waals surface area contributed by atoms with Crippen molar-refractivity contribution >= 4 is 5.91 Å². The van der Waals surface area contributed by atoms with Crippen molar-refractivity contribution in [2.75, 3.05) is 20.2 Å². The molecule has 1 aliphatic heterocycles. The fourth-order valence-electron chi connectivity index (χ4n) is 3.83. The minimum atomic E-state index is -0.356. The fraction of sp³-hybridized carbons (Fsp3) is 0.348. The zero-order valence-electron chi connectivity index (χ0n) is 17.9. The Morgan fingerprint density at radius 3 is 2.84 bits per heavy atom. The van der Waals surface area contributed by atoms with Crippen LogP contribution in [0.2, 0.25) is 0 Å². The van der Waals surface area contributed by atoms with Crippen LogP contribution in [-0.2, 0) is 37.3 Å². The van der Waals surface area contributed by atoms with Gasteiger partial charge in [0.15, 0.2) is 5.82 Å². The van der Waals surface area contributed by atoms with Gasteiger partial charge in [0, 0.05) is 44.2 Å². The third-order valence-corrected chi connectivity index (χ3v) is 5.58. The van der Waals surface area contributed by atoms with Gasteiger partial charge in [-0.3, -0.25) is 9.69 Å². The highest BCUT2D eigenvalue weighted by Crippen LogP contribution is 2.25. The van der Waals surface area contributed by atoms with E-state index in [9.17, 15) is 14.3 Å². The number of benzene rings is 2. The fourth-order valence-corrected chi connectivity index (χ4v) is 3.83. The van der Waals surface area contributed by atoms with Crippen molar-refractivity contribution in [2.45, 2.75) is 32.5 Å². The second kappa shape index (κ2) is 9.78. The summed E-state index contributed by atoms with van der Waals surface area (Å²) in [5.74, 6) is 1.86. The van der Waals surface area contributed by atoms with Gasteiger partial charge < -0.3 is 19.7 Å². The number of nitrogens with one attached hydrogen (secondary N) is 1. The Morgan fingerprint density at radius 1 is 1.19 bits per heavy atom. The number of phenols is 1. The first kappa shape index (κ1) is 21.8. The number of ether oxygens (including phenoxy) is 1. The zero-order chi connectivity index (χ0) is 22.5. The third-order valence-electron chi connectivity index (χ3n) is 5.58. The lowest BCUT2D eigenvalue weighted by Gasteiger charge is -2.20. The van der Waals surface area contributed by atoms with Gasteiger partial charge in [-0.25, -0.2) is 4.39 Å². The van der Waals surface area contributed by atoms with Crippen molar-refractivity contribution in [1.29, 1.82) is 0 Å². The summed E-state index contributed by atoms with van der Waals surface area (Å²) in [5.41, 5.74) is 1.47. The van der Waals surface area contributed by atoms with E-state index in [0.717, 1.165) is 30.9 Å². The molecule has 2 aromatic carbocycles. The maximum absolute atomic E-state index is 13.3. The molecule has 1 aromatic heterocycles. The van der Waals surface area contributed by atoms with Crippen LogP contribution in [0.4, 0.5) is 4.39 Å². The van der Waals surface area contributed by atoms with E-state index in [1.807, 2.05) is 16.7 Å². The number of nitrogens with zero attached hydrogens (tertiary/aromatic N) is 4. The number of rotatable bonds is 7. The SMILES string of the molecule is COc1ccc(CN2CCc3nnc(CNC(=O)Cc4cccc(F)c4)n3CC2)c(O)c1. The Labute approximate surface area is 185 Å². The number of methoxy groups -OCH3 is 1. The van der Waals surface area contributed by atoms with Crippen molar-refractivity contribution < 1.29 is 19.0 Å². The zero-order valence-corrected chi connectivity index (χ0v) is 17.9. The van der Waals surface area contributed by atoms with Gasteiger partial charge in [0.05, 0.1) is 20.1 Å². The van der Waals surface area contributed by atoms with Crippen molar-refractivity contribution in [3.63, 3.8) is 0 Å². The summed E-state index contributed by atoms with van der Waals surface area (Å²) in [6, 6.07) is 11.4. The van der Waals surface area contributed by atoms with Crippen molar-refractivity contribution in [3.8, 4) is 11.5 Å². The average Bonchev–Trinajstić information content (AvgIpc) is 3.05. The van der Waals surface area contributed by atoms with Crippen molar-refractivity contribution in [1.82, 2.24) is 25.0 Å². The van der Waals surface area contributed by atoms with E-state index in [1.165, 1.54) is 12.1 Å². The standard InChI is InChI=1S/C23H26FN5O3/c1-32-19-6-5-17(20(30)13-19)15-28-8-7-21-26-27-22(29(21)10-9-28)14-25-23(31)12-16-3-2-4-18(24)11-16/h2-6,11,13,30H,7-10,12,14-15H2,1H3,(H,25,31). The Bertz CT molecular complexity index is 1100. The molecular weight excluding hydrogens is 413 g/mol. The first-order valence-corrected chi connectivity index (χ1v) is 10.5. The Morgan fingerprint density at radius 2 is 2.06 bits per heavy atom. The molecule has 32 heavy (non-hydrogen) atoms. The van der Waals surface area contributed by atoms with Gasteiger partial charge in [-0.1, -0.05) is 18.2 Å². The molecule has 1 aliphatic rings. The largest absolute Gasteiger partial charge is 0.507 e. The summed E-state index contributed by atoms with van der Waals surface area (Å²) < 4.78 is 20.5. The van der Waals surface area contributed by atoms with Crippen LogP contribution in [0.5, 0.6) is 11.5 Å². The molecule has 0 unspecified atom stereocenters. The summed E-state index contributed by atoms with van der Waals surface area (Å²) in [5, 5.41) is 21.6. The molecule has 0 bridgehead atoms. The number of fused-ring (bicyclic) bond motifs is 1. The molecular formula is C23H26FN5O3. The molecule has 0 saturated carbocycles. The molecule has 9 heteroatoms. The third kappa shape index (κ3) is 5.23. The van der Waals surface area contributed by atoms with E-state index in [1.54, 1.807) is 25.3 Å². The highest BCUT2D eigenvalue weighted by molar-refractivity contribution is 5.78. The van der Waals surface area contributed by atoms with E-state index in [4.69, 9.17) is 4.74 Å². The number of carbonyl (C=O) groups is 1. The smallest absolute Gasteiger partial charge is 0.224 e. The Kier molecular flexibility index (Phi) is 6.65. The van der Waals surface area contributed by atoms with Crippen LogP contribution in [0.25, 0.3) is 0 Å². The topological polar surface area (TPSA) is 92.5 Å². The van der Waals surface area contributed by atoms with Crippen molar-refractivity contribution in [2.24, 2.45) is 0 Å². The van der Waals surface area contributed by atoms with Gasteiger partial charge >= 0.3 is 0 Å². The first-order valence-electron chi connectivity index (χ1n) is 10.5. The van der Waals surface area contributed by atoms with E-state index in [0.29, 0.717) is 30.2 Å². The lowest BCUT2D eigenvalue weighted by Crippen LogP contribution is -2.28. The maximum atomic E-state index is 13.3. The first-order chi connectivity index (χ1) is 15.5. The molecule has 1 amide bonds. The summed E-state index contributed by atoms with van der Waals surface area (Å²) in [7, 11) is 1.57. The summed E-state index contributed by atoms with van der Waals surface area (Å²) >= 11 is 0. The van der Waals surface area contributed by atoms with Crippen LogP contribution in [0.3, 0.4) is 0 Å². The van der Waals surface area contributed by atoms with Crippen LogP contribution in [-0.4, -0.2) is 50.9 Å². The number of halogens is 1. The Hall–Kier alpha value is -3.46. The normalized spacial score (nSPS) is 13.9. The second-order valence-electron chi connectivity index (χ2n) is 7.79. The van der Waals surface area contributed by atoms with Crippen molar-refractivity contribution in [3.05, 3.63) is 71.1 Å². The van der Waals surface area contributed by atoms with Gasteiger partial charge in [-0.05, 0) is 23.8 Å². The predicted molar refractivity (Wildman–Crippen MR) is 116 cm³/mol. The molecule has 0 radical (unpaired) electrons. The highest BCUT2D eigenvalue weighted by Gasteiger charge is 2.20. The van der Waals surface area contributed by atoms with Crippen LogP contribution < -0.4 is 10.1 Å². The monoisotopic (exact) mass is 439 g/mol. The summed E-state index contributed by atoms with van der Waals surface area (Å²) in [6.45, 7) is 3.12. The maximum Gasteiger partial charge on any atom is 0.224 e. The number of carbonyl (C=O) groups excluding carboxylic acids is 1. The quantitative estimate of drug-likeness (QED) is 0.586. The number of hydrogen-bond donors (Lipinski definition) is 2. The lowest BCUT2D eigenvalue weighted by atomic mass is 10.1. The molecule has 2 N–H and O–H groups in total. The van der Waals surface area contributed by atoms with Crippen LogP contribution >= 0.6 is 0 Å².